The fourth-order valence-corrected chi connectivity index (χ4v) is 1.16. The Morgan fingerprint density at radius 2 is 1.80 bits per heavy atom. The van der Waals surface area contributed by atoms with Crippen LogP contribution < -0.4 is 0 Å². The molecule has 0 N–H and O–H groups in total. The molecule has 78 valence electrons. The SMILES string of the molecule is S=C=NC(=Nc1ccccc1)C(Cl)(Cl)Cl. The van der Waals surface area contributed by atoms with Gasteiger partial charge in [-0.05, 0) is 24.4 Å². The molecule has 0 aromatic heterocycles. The minimum atomic E-state index is -1.71. The molecule has 1 rings (SSSR count). The lowest BCUT2D eigenvalue weighted by Crippen LogP contribution is -2.16. The lowest BCUT2D eigenvalue weighted by atomic mass is 10.3. The minimum Gasteiger partial charge on any atom is -0.228 e. The first-order valence-electron chi connectivity index (χ1n) is 3.83. The molecular formula is C9H5Cl3N2S. The number of thiocarbonyl (C=S) groups is 1. The lowest BCUT2D eigenvalue weighted by molar-refractivity contribution is 1.38. The number of aliphatic imine (C=N–C) groups is 2. The van der Waals surface area contributed by atoms with Gasteiger partial charge in [-0.25, -0.2) is 4.99 Å². The quantitative estimate of drug-likeness (QED) is 0.327. The standard InChI is InChI=1S/C9H5Cl3N2S/c10-9(11,12)8(13-6-15)14-7-4-2-1-3-5-7/h1-5H. The predicted molar refractivity (Wildman–Crippen MR) is 68.9 cm³/mol. The van der Waals surface area contributed by atoms with E-state index in [1.54, 1.807) is 12.1 Å². The Balaban J connectivity index is 3.11. The van der Waals surface area contributed by atoms with Crippen LogP contribution in [0.1, 0.15) is 0 Å². The third-order valence-electron chi connectivity index (χ3n) is 1.40. The maximum atomic E-state index is 5.65. The van der Waals surface area contributed by atoms with E-state index in [0.29, 0.717) is 5.69 Å². The van der Waals surface area contributed by atoms with Crippen molar-refractivity contribution in [2.45, 2.75) is 3.79 Å². The highest BCUT2D eigenvalue weighted by Crippen LogP contribution is 2.30. The number of amidine groups is 1. The Labute approximate surface area is 108 Å². The van der Waals surface area contributed by atoms with Crippen LogP contribution in [0.25, 0.3) is 0 Å². The van der Waals surface area contributed by atoms with Crippen LogP contribution in [0.4, 0.5) is 5.69 Å². The fourth-order valence-electron chi connectivity index (χ4n) is 0.820. The summed E-state index contributed by atoms with van der Waals surface area (Å²) in [7, 11) is 0. The third kappa shape index (κ3) is 4.29. The molecule has 0 spiro atoms. The van der Waals surface area contributed by atoms with Gasteiger partial charge in [0.15, 0.2) is 5.84 Å². The molecule has 0 aliphatic rings. The predicted octanol–water partition coefficient (Wildman–Crippen LogP) is 4.19. The molecule has 15 heavy (non-hydrogen) atoms. The monoisotopic (exact) mass is 278 g/mol. The Morgan fingerprint density at radius 3 is 2.27 bits per heavy atom. The van der Waals surface area contributed by atoms with Crippen molar-refractivity contribution >= 4 is 63.7 Å². The van der Waals surface area contributed by atoms with E-state index in [2.05, 4.69) is 27.4 Å². The molecule has 0 radical (unpaired) electrons. The smallest absolute Gasteiger partial charge is 0.228 e. The van der Waals surface area contributed by atoms with Crippen molar-refractivity contribution in [3.05, 3.63) is 30.3 Å². The van der Waals surface area contributed by atoms with E-state index < -0.39 is 3.79 Å². The van der Waals surface area contributed by atoms with E-state index in [-0.39, 0.29) is 5.84 Å². The van der Waals surface area contributed by atoms with E-state index >= 15 is 0 Å². The first-order valence-corrected chi connectivity index (χ1v) is 5.37. The normalized spacial score (nSPS) is 12.1. The molecule has 1 aromatic rings. The number of para-hydroxylation sites is 1. The van der Waals surface area contributed by atoms with Crippen LogP contribution >= 0.6 is 47.0 Å². The molecule has 0 atom stereocenters. The second kappa shape index (κ2) is 5.59. The zero-order valence-corrected chi connectivity index (χ0v) is 10.4. The van der Waals surface area contributed by atoms with Gasteiger partial charge in [0.25, 0.3) is 3.79 Å². The van der Waals surface area contributed by atoms with E-state index in [1.165, 1.54) is 0 Å². The van der Waals surface area contributed by atoms with E-state index in [9.17, 15) is 0 Å². The third-order valence-corrected chi connectivity index (χ3v) is 1.99. The minimum absolute atomic E-state index is 0.00583. The molecular weight excluding hydrogens is 275 g/mol. The largest absolute Gasteiger partial charge is 0.250 e. The van der Waals surface area contributed by atoms with Gasteiger partial charge in [0.1, 0.15) is 0 Å². The number of halogens is 3. The van der Waals surface area contributed by atoms with Crippen LogP contribution in [0, 0.1) is 0 Å². The molecule has 0 fully saturated rings. The molecule has 6 heteroatoms. The highest BCUT2D eigenvalue weighted by Gasteiger charge is 2.27. The van der Waals surface area contributed by atoms with Gasteiger partial charge >= 0.3 is 0 Å². The molecule has 0 amide bonds. The van der Waals surface area contributed by atoms with Gasteiger partial charge in [-0.1, -0.05) is 53.0 Å². The fraction of sp³-hybridized carbons (Fsp3) is 0.111. The van der Waals surface area contributed by atoms with Crippen molar-refractivity contribution in [2.75, 3.05) is 0 Å². The maximum Gasteiger partial charge on any atom is 0.250 e. The summed E-state index contributed by atoms with van der Waals surface area (Å²) < 4.78 is -1.71. The van der Waals surface area contributed by atoms with Crippen LogP contribution in [0.15, 0.2) is 40.3 Å². The molecule has 0 unspecified atom stereocenters. The summed E-state index contributed by atoms with van der Waals surface area (Å²) in [5, 5.41) is 2.12. The molecule has 0 bridgehead atoms. The van der Waals surface area contributed by atoms with Crippen LogP contribution in [0.3, 0.4) is 0 Å². The van der Waals surface area contributed by atoms with E-state index in [4.69, 9.17) is 34.8 Å². The molecule has 0 saturated heterocycles. The number of rotatable bonds is 1. The van der Waals surface area contributed by atoms with E-state index in [0.717, 1.165) is 0 Å². The maximum absolute atomic E-state index is 5.65. The average molecular weight is 280 g/mol. The summed E-state index contributed by atoms with van der Waals surface area (Å²) in [5.41, 5.74) is 0.632. The summed E-state index contributed by atoms with van der Waals surface area (Å²) in [5.74, 6) is -0.00583. The van der Waals surface area contributed by atoms with Crippen molar-refractivity contribution in [1.29, 1.82) is 0 Å². The zero-order valence-electron chi connectivity index (χ0n) is 7.32. The van der Waals surface area contributed by atoms with Gasteiger partial charge in [-0.2, -0.15) is 4.99 Å². The second-order valence-electron chi connectivity index (χ2n) is 2.47. The van der Waals surface area contributed by atoms with Crippen LogP contribution in [-0.4, -0.2) is 14.8 Å². The molecule has 1 aromatic carbocycles. The van der Waals surface area contributed by atoms with Gasteiger partial charge in [0.05, 0.1) is 10.8 Å². The first kappa shape index (κ1) is 12.6. The van der Waals surface area contributed by atoms with Gasteiger partial charge in [0.2, 0.25) is 0 Å². The van der Waals surface area contributed by atoms with Crippen molar-refractivity contribution < 1.29 is 0 Å². The van der Waals surface area contributed by atoms with Gasteiger partial charge in [-0.3, -0.25) is 0 Å². The van der Waals surface area contributed by atoms with Crippen LogP contribution in [0.2, 0.25) is 0 Å². The number of hydrogen-bond donors (Lipinski definition) is 0. The summed E-state index contributed by atoms with van der Waals surface area (Å²) in [4.78, 5) is 7.65. The lowest BCUT2D eigenvalue weighted by Gasteiger charge is -2.08. The molecule has 0 aliphatic carbocycles. The van der Waals surface area contributed by atoms with Gasteiger partial charge < -0.3 is 0 Å². The number of isothiocyanates is 1. The van der Waals surface area contributed by atoms with Crippen molar-refractivity contribution in [3.8, 4) is 0 Å². The van der Waals surface area contributed by atoms with Gasteiger partial charge in [0, 0.05) is 0 Å². The number of nitrogens with zero attached hydrogens (tertiary/aromatic N) is 2. The second-order valence-corrected chi connectivity index (χ2v) is 4.94. The number of alkyl halides is 3. The average Bonchev–Trinajstić information content (AvgIpc) is 2.17. The Bertz CT molecular complexity index is 405. The number of benzene rings is 1. The highest BCUT2D eigenvalue weighted by molar-refractivity contribution is 7.78. The molecule has 0 aliphatic heterocycles. The topological polar surface area (TPSA) is 24.7 Å². The van der Waals surface area contributed by atoms with Crippen LogP contribution in [0.5, 0.6) is 0 Å². The Kier molecular flexibility index (Phi) is 4.71. The highest BCUT2D eigenvalue weighted by atomic mass is 35.6. The van der Waals surface area contributed by atoms with Crippen molar-refractivity contribution in [2.24, 2.45) is 9.98 Å². The van der Waals surface area contributed by atoms with Crippen LogP contribution in [-0.2, 0) is 0 Å². The molecule has 0 heterocycles. The van der Waals surface area contributed by atoms with E-state index in [1.807, 2.05) is 18.2 Å². The molecule has 2 nitrogen and oxygen atoms in total. The molecule has 0 saturated carbocycles. The summed E-state index contributed by atoms with van der Waals surface area (Å²) in [6.07, 6.45) is 0. The number of hydrogen-bond acceptors (Lipinski definition) is 2. The van der Waals surface area contributed by atoms with Gasteiger partial charge in [-0.15, -0.1) is 0 Å². The summed E-state index contributed by atoms with van der Waals surface area (Å²) in [6.45, 7) is 0. The Morgan fingerprint density at radius 1 is 1.20 bits per heavy atom. The summed E-state index contributed by atoms with van der Waals surface area (Å²) >= 11 is 21.4. The Hall–Kier alpha value is -0.440. The summed E-state index contributed by atoms with van der Waals surface area (Å²) in [6, 6.07) is 9.01. The van der Waals surface area contributed by atoms with Crippen molar-refractivity contribution in [3.63, 3.8) is 0 Å². The van der Waals surface area contributed by atoms with Crippen molar-refractivity contribution in [1.82, 2.24) is 0 Å². The zero-order chi connectivity index (χ0) is 11.3. The first-order chi connectivity index (χ1) is 7.04.